The Hall–Kier alpha value is -5.22. The van der Waals surface area contributed by atoms with Gasteiger partial charge in [0.15, 0.2) is 0 Å². The Balaban J connectivity index is 1.25. The molecule has 3 heterocycles. The third-order valence-corrected chi connectivity index (χ3v) is 10.6. The highest BCUT2D eigenvalue weighted by Gasteiger charge is 2.62. The molecule has 3 aromatic carbocycles. The van der Waals surface area contributed by atoms with Crippen LogP contribution in [0.1, 0.15) is 50.6 Å². The largest absolute Gasteiger partial charge is 0.497 e. The van der Waals surface area contributed by atoms with Crippen LogP contribution in [0.3, 0.4) is 0 Å². The first-order valence-corrected chi connectivity index (χ1v) is 18.3. The lowest BCUT2D eigenvalue weighted by Gasteiger charge is -2.37. The Morgan fingerprint density at radius 1 is 1.00 bits per heavy atom. The van der Waals surface area contributed by atoms with E-state index in [0.717, 1.165) is 54.6 Å². The summed E-state index contributed by atoms with van der Waals surface area (Å²) < 4.78 is 17.7. The highest BCUT2D eigenvalue weighted by atomic mass is 16.5. The van der Waals surface area contributed by atoms with E-state index in [2.05, 4.69) is 16.8 Å². The van der Waals surface area contributed by atoms with E-state index in [4.69, 9.17) is 19.2 Å². The van der Waals surface area contributed by atoms with E-state index in [-0.39, 0.29) is 31.4 Å². The SMILES string of the molecule is C=CC1CC1(NC(=O)[C@@H]1C[C@@H](Oc2cc(-c3ccccc3)nc3cc(OC)ccc23)CN1C(=O)C(c1ccccc1)N1CCCCC1)C(=O)OCC. The molecule has 3 aliphatic rings. The van der Waals surface area contributed by atoms with Gasteiger partial charge in [-0.1, -0.05) is 73.2 Å². The molecule has 10 nitrogen and oxygen atoms in total. The summed E-state index contributed by atoms with van der Waals surface area (Å²) in [4.78, 5) is 51.3. The quantitative estimate of drug-likeness (QED) is 0.139. The summed E-state index contributed by atoms with van der Waals surface area (Å²) in [6.07, 6.45) is 4.90. The molecular weight excluding hydrogens is 656 g/mol. The van der Waals surface area contributed by atoms with E-state index in [9.17, 15) is 14.4 Å². The number of carbonyl (C=O) groups excluding carboxylic acids is 3. The second-order valence-electron chi connectivity index (χ2n) is 13.9. The first kappa shape index (κ1) is 35.2. The van der Waals surface area contributed by atoms with E-state index in [1.54, 1.807) is 25.0 Å². The number of likely N-dealkylation sites (tertiary alicyclic amines) is 2. The lowest BCUT2D eigenvalue weighted by Crippen LogP contribution is -2.55. The molecule has 7 rings (SSSR count). The number of rotatable bonds is 12. The number of ether oxygens (including phenoxy) is 3. The molecule has 1 N–H and O–H groups in total. The molecule has 3 fully saturated rings. The van der Waals surface area contributed by atoms with Crippen LogP contribution >= 0.6 is 0 Å². The smallest absolute Gasteiger partial charge is 0.332 e. The van der Waals surface area contributed by atoms with Crippen molar-refractivity contribution < 1.29 is 28.6 Å². The molecule has 2 aliphatic heterocycles. The minimum Gasteiger partial charge on any atom is -0.497 e. The zero-order valence-corrected chi connectivity index (χ0v) is 29.8. The Morgan fingerprint density at radius 3 is 2.40 bits per heavy atom. The average molecular weight is 703 g/mol. The highest BCUT2D eigenvalue weighted by molar-refractivity contribution is 5.96. The number of benzene rings is 3. The zero-order chi connectivity index (χ0) is 36.2. The van der Waals surface area contributed by atoms with Crippen molar-refractivity contribution in [3.8, 4) is 22.8 Å². The van der Waals surface area contributed by atoms with E-state index in [1.165, 1.54) is 0 Å². The monoisotopic (exact) mass is 702 g/mol. The van der Waals surface area contributed by atoms with Crippen molar-refractivity contribution >= 4 is 28.7 Å². The van der Waals surface area contributed by atoms with Gasteiger partial charge in [0.05, 0.1) is 31.5 Å². The lowest BCUT2D eigenvalue weighted by molar-refractivity contribution is -0.150. The summed E-state index contributed by atoms with van der Waals surface area (Å²) in [5.74, 6) is -0.0396. The number of aromatic nitrogens is 1. The summed E-state index contributed by atoms with van der Waals surface area (Å²) >= 11 is 0. The first-order valence-electron chi connectivity index (χ1n) is 18.3. The van der Waals surface area contributed by atoms with Crippen molar-refractivity contribution in [1.29, 1.82) is 0 Å². The normalized spacial score (nSPS) is 23.4. The first-order chi connectivity index (χ1) is 25.3. The Kier molecular flexibility index (Phi) is 10.3. The predicted molar refractivity (Wildman–Crippen MR) is 199 cm³/mol. The molecule has 4 aromatic rings. The van der Waals surface area contributed by atoms with Crippen LogP contribution in [0, 0.1) is 5.92 Å². The average Bonchev–Trinajstić information content (AvgIpc) is 3.74. The minimum atomic E-state index is -1.20. The predicted octanol–water partition coefficient (Wildman–Crippen LogP) is 6.11. The van der Waals surface area contributed by atoms with E-state index in [0.29, 0.717) is 23.4 Å². The van der Waals surface area contributed by atoms with Crippen LogP contribution in [0.5, 0.6) is 11.5 Å². The molecule has 1 aliphatic carbocycles. The molecule has 0 radical (unpaired) electrons. The molecule has 0 spiro atoms. The maximum atomic E-state index is 14.9. The number of fused-ring (bicyclic) bond motifs is 1. The van der Waals surface area contributed by atoms with E-state index in [1.807, 2.05) is 84.9 Å². The highest BCUT2D eigenvalue weighted by Crippen LogP contribution is 2.46. The second-order valence-corrected chi connectivity index (χ2v) is 13.9. The minimum absolute atomic E-state index is 0.158. The van der Waals surface area contributed by atoms with E-state index < -0.39 is 35.6 Å². The molecule has 1 saturated carbocycles. The van der Waals surface area contributed by atoms with Crippen molar-refractivity contribution in [3.05, 3.63) is 103 Å². The summed E-state index contributed by atoms with van der Waals surface area (Å²) in [6, 6.07) is 25.8. The molecule has 3 unspecified atom stereocenters. The third kappa shape index (κ3) is 6.99. The number of hydrogen-bond acceptors (Lipinski definition) is 8. The Labute approximate surface area is 304 Å². The second kappa shape index (κ2) is 15.2. The van der Waals surface area contributed by atoms with Gasteiger partial charge in [-0.25, -0.2) is 9.78 Å². The number of carbonyl (C=O) groups is 3. The Bertz CT molecular complexity index is 1930. The van der Waals surface area contributed by atoms with Gasteiger partial charge in [0.25, 0.3) is 0 Å². The topological polar surface area (TPSA) is 110 Å². The number of nitrogens with zero attached hydrogens (tertiary/aromatic N) is 3. The van der Waals surface area contributed by atoms with Gasteiger partial charge in [0, 0.05) is 35.4 Å². The fraction of sp³-hybridized carbons (Fsp3) is 0.381. The maximum absolute atomic E-state index is 14.9. The van der Waals surface area contributed by atoms with Gasteiger partial charge in [-0.05, 0) is 57.0 Å². The third-order valence-electron chi connectivity index (χ3n) is 10.6. The van der Waals surface area contributed by atoms with Gasteiger partial charge in [-0.3, -0.25) is 14.5 Å². The summed E-state index contributed by atoms with van der Waals surface area (Å²) in [5, 5.41) is 3.81. The molecule has 10 heteroatoms. The number of piperidine rings is 1. The van der Waals surface area contributed by atoms with Gasteiger partial charge < -0.3 is 24.4 Å². The van der Waals surface area contributed by atoms with Crippen LogP contribution in [-0.2, 0) is 19.1 Å². The number of amides is 2. The van der Waals surface area contributed by atoms with Crippen LogP contribution < -0.4 is 14.8 Å². The van der Waals surface area contributed by atoms with Gasteiger partial charge >= 0.3 is 5.97 Å². The summed E-state index contributed by atoms with van der Waals surface area (Å²) in [5.41, 5.74) is 2.04. The molecule has 2 saturated heterocycles. The standard InChI is InChI=1S/C42H46N4O6/c1-4-30-26-42(30,41(49)51-5-2)44-39(47)36-24-32(27-46(36)40(48)38(29-17-11-7-12-18-29)45-21-13-8-14-22-45)52-37-25-34(28-15-9-6-10-16-28)43-35-23-31(50-3)19-20-33(35)37/h4,6-7,9-12,15-20,23,25,30,32,36,38H,1,5,8,13-14,21-22,24,26-27H2,2-3H3,(H,44,47)/t30?,32-,36+,38?,42?/m1/s1. The molecule has 0 bridgehead atoms. The van der Waals surface area contributed by atoms with Crippen molar-refractivity contribution in [2.24, 2.45) is 5.92 Å². The van der Waals surface area contributed by atoms with Crippen molar-refractivity contribution in [2.75, 3.05) is 33.4 Å². The molecule has 5 atom stereocenters. The van der Waals surface area contributed by atoms with E-state index >= 15 is 0 Å². The van der Waals surface area contributed by atoms with Crippen LogP contribution in [0.4, 0.5) is 0 Å². The number of hydrogen-bond donors (Lipinski definition) is 1. The summed E-state index contributed by atoms with van der Waals surface area (Å²) in [7, 11) is 1.62. The lowest BCUT2D eigenvalue weighted by atomic mass is 10.00. The van der Waals surface area contributed by atoms with Crippen molar-refractivity contribution in [2.45, 2.75) is 62.8 Å². The molecule has 270 valence electrons. The fourth-order valence-corrected chi connectivity index (χ4v) is 7.76. The number of methoxy groups -OCH3 is 1. The van der Waals surface area contributed by atoms with Crippen LogP contribution in [0.15, 0.2) is 97.6 Å². The van der Waals surface area contributed by atoms with Crippen molar-refractivity contribution in [3.63, 3.8) is 0 Å². The van der Waals surface area contributed by atoms with Crippen molar-refractivity contribution in [1.82, 2.24) is 20.1 Å². The fourth-order valence-electron chi connectivity index (χ4n) is 7.76. The molecule has 1 aromatic heterocycles. The van der Waals surface area contributed by atoms with Gasteiger partial charge in [0.2, 0.25) is 11.8 Å². The van der Waals surface area contributed by atoms with Gasteiger partial charge in [-0.2, -0.15) is 0 Å². The summed E-state index contributed by atoms with van der Waals surface area (Å²) in [6.45, 7) is 7.57. The van der Waals surface area contributed by atoms with Gasteiger partial charge in [-0.15, -0.1) is 6.58 Å². The molecule has 2 amide bonds. The number of pyridine rings is 1. The number of esters is 1. The number of nitrogens with one attached hydrogen (secondary N) is 1. The maximum Gasteiger partial charge on any atom is 0.332 e. The Morgan fingerprint density at radius 2 is 1.73 bits per heavy atom. The zero-order valence-electron chi connectivity index (χ0n) is 29.8. The van der Waals surface area contributed by atoms with Crippen LogP contribution in [0.2, 0.25) is 0 Å². The molecule has 52 heavy (non-hydrogen) atoms. The van der Waals surface area contributed by atoms with Gasteiger partial charge in [0.1, 0.15) is 35.2 Å². The molecular formula is C42H46N4O6. The van der Waals surface area contributed by atoms with Crippen LogP contribution in [0.25, 0.3) is 22.2 Å². The van der Waals surface area contributed by atoms with Crippen LogP contribution in [-0.4, -0.2) is 83.6 Å².